The monoisotopic (exact) mass is 203 g/mol. The fourth-order valence-corrected chi connectivity index (χ4v) is 1.10. The first-order valence-electron chi connectivity index (χ1n) is 3.87. The van der Waals surface area contributed by atoms with E-state index in [0.717, 1.165) is 6.07 Å². The molecule has 1 rings (SSSR count). The second kappa shape index (κ2) is 4.07. The lowest BCUT2D eigenvalue weighted by Crippen LogP contribution is -1.94. The molecule has 1 aromatic carbocycles. The first kappa shape index (κ1) is 10.5. The molecule has 6 heteroatoms. The maximum Gasteiger partial charge on any atom is 0.312 e. The molecule has 0 aromatic heterocycles. The van der Waals surface area contributed by atoms with Crippen molar-refractivity contribution in [2.45, 2.75) is 6.42 Å². The predicted molar refractivity (Wildman–Crippen MR) is 48.8 cm³/mol. The van der Waals surface area contributed by atoms with E-state index in [0.29, 0.717) is 0 Å². The van der Waals surface area contributed by atoms with Gasteiger partial charge >= 0.3 is 5.69 Å². The van der Waals surface area contributed by atoms with Crippen LogP contribution in [0.25, 0.3) is 0 Å². The van der Waals surface area contributed by atoms with Crippen molar-refractivity contribution in [3.63, 3.8) is 0 Å². The number of phenolic OH excluding ortho intramolecular Hbond substituents is 1. The Hall–Kier alpha value is -2.60. The molecule has 0 saturated carbocycles. The molecule has 0 aliphatic rings. The summed E-state index contributed by atoms with van der Waals surface area (Å²) in [4.78, 5) is 9.71. The van der Waals surface area contributed by atoms with Crippen molar-refractivity contribution in [3.8, 4) is 17.9 Å². The standard InChI is InChI=1S/C9H5N3O3/c10-2-1-7-3-6(5-11)4-8(9(7)13)12(14)15/h3-4,13H,1H2. The molecule has 0 aliphatic heterocycles. The van der Waals surface area contributed by atoms with Crippen molar-refractivity contribution in [3.05, 3.63) is 33.4 Å². The van der Waals surface area contributed by atoms with Gasteiger partial charge in [0.05, 0.1) is 29.0 Å². The molecular weight excluding hydrogens is 198 g/mol. The number of nitrogens with zero attached hydrogens (tertiary/aromatic N) is 3. The summed E-state index contributed by atoms with van der Waals surface area (Å²) >= 11 is 0. The molecule has 0 heterocycles. The van der Waals surface area contributed by atoms with Gasteiger partial charge in [-0.15, -0.1) is 0 Å². The zero-order chi connectivity index (χ0) is 11.4. The summed E-state index contributed by atoms with van der Waals surface area (Å²) in [6.07, 6.45) is -0.178. The van der Waals surface area contributed by atoms with Gasteiger partial charge in [-0.25, -0.2) is 0 Å². The minimum Gasteiger partial charge on any atom is -0.502 e. The Balaban J connectivity index is 3.43. The Morgan fingerprint density at radius 2 is 2.13 bits per heavy atom. The van der Waals surface area contributed by atoms with Crippen LogP contribution in [0.1, 0.15) is 11.1 Å². The van der Waals surface area contributed by atoms with E-state index in [1.54, 1.807) is 12.1 Å². The van der Waals surface area contributed by atoms with Crippen LogP contribution in [0.4, 0.5) is 5.69 Å². The van der Waals surface area contributed by atoms with E-state index in [4.69, 9.17) is 10.5 Å². The lowest BCUT2D eigenvalue weighted by molar-refractivity contribution is -0.385. The Kier molecular flexibility index (Phi) is 2.85. The summed E-state index contributed by atoms with van der Waals surface area (Å²) < 4.78 is 0. The number of phenols is 1. The summed E-state index contributed by atoms with van der Waals surface area (Å²) in [5.41, 5.74) is -0.424. The van der Waals surface area contributed by atoms with Gasteiger partial charge in [-0.1, -0.05) is 0 Å². The summed E-state index contributed by atoms with van der Waals surface area (Å²) in [6, 6.07) is 5.70. The van der Waals surface area contributed by atoms with Gasteiger partial charge in [-0.05, 0) is 6.07 Å². The molecule has 0 radical (unpaired) electrons. The fourth-order valence-electron chi connectivity index (χ4n) is 1.10. The van der Waals surface area contributed by atoms with E-state index in [9.17, 15) is 15.2 Å². The molecule has 0 amide bonds. The van der Waals surface area contributed by atoms with Crippen molar-refractivity contribution in [2.75, 3.05) is 0 Å². The van der Waals surface area contributed by atoms with Crippen LogP contribution in [-0.4, -0.2) is 10.0 Å². The topological polar surface area (TPSA) is 111 Å². The highest BCUT2D eigenvalue weighted by Crippen LogP contribution is 2.31. The van der Waals surface area contributed by atoms with Crippen molar-refractivity contribution in [1.82, 2.24) is 0 Å². The molecule has 0 saturated heterocycles. The van der Waals surface area contributed by atoms with Crippen molar-refractivity contribution in [2.24, 2.45) is 0 Å². The molecular formula is C9H5N3O3. The number of hydrogen-bond donors (Lipinski definition) is 1. The average molecular weight is 203 g/mol. The van der Waals surface area contributed by atoms with Gasteiger partial charge in [0.1, 0.15) is 0 Å². The Bertz CT molecular complexity index is 497. The highest BCUT2D eigenvalue weighted by atomic mass is 16.6. The van der Waals surface area contributed by atoms with Gasteiger partial charge in [0.15, 0.2) is 5.75 Å². The molecule has 0 fully saturated rings. The fraction of sp³-hybridized carbons (Fsp3) is 0.111. The number of hydrogen-bond acceptors (Lipinski definition) is 5. The van der Waals surface area contributed by atoms with Crippen LogP contribution in [0.3, 0.4) is 0 Å². The van der Waals surface area contributed by atoms with Gasteiger partial charge in [-0.2, -0.15) is 10.5 Å². The summed E-state index contributed by atoms with van der Waals surface area (Å²) in [7, 11) is 0. The van der Waals surface area contributed by atoms with Gasteiger partial charge in [-0.3, -0.25) is 10.1 Å². The highest BCUT2D eigenvalue weighted by Gasteiger charge is 2.18. The molecule has 0 aliphatic carbocycles. The number of rotatable bonds is 2. The van der Waals surface area contributed by atoms with E-state index in [-0.39, 0.29) is 17.5 Å². The van der Waals surface area contributed by atoms with Gasteiger partial charge in [0.25, 0.3) is 0 Å². The lowest BCUT2D eigenvalue weighted by atomic mass is 10.1. The quantitative estimate of drug-likeness (QED) is 0.574. The second-order valence-electron chi connectivity index (χ2n) is 2.71. The molecule has 0 atom stereocenters. The zero-order valence-electron chi connectivity index (χ0n) is 7.47. The van der Waals surface area contributed by atoms with Crippen LogP contribution in [0.15, 0.2) is 12.1 Å². The first-order chi connectivity index (χ1) is 7.10. The zero-order valence-corrected chi connectivity index (χ0v) is 7.47. The summed E-state index contributed by atoms with van der Waals surface area (Å²) in [5.74, 6) is -0.555. The maximum atomic E-state index is 10.5. The lowest BCUT2D eigenvalue weighted by Gasteiger charge is -2.01. The molecule has 0 unspecified atom stereocenters. The third-order valence-electron chi connectivity index (χ3n) is 1.76. The average Bonchev–Trinajstić information content (AvgIpc) is 2.21. The largest absolute Gasteiger partial charge is 0.502 e. The van der Waals surface area contributed by atoms with Gasteiger partial charge in [0.2, 0.25) is 0 Å². The molecule has 0 bridgehead atoms. The summed E-state index contributed by atoms with van der Waals surface area (Å²) in [6.45, 7) is 0. The van der Waals surface area contributed by atoms with Crippen molar-refractivity contribution in [1.29, 1.82) is 10.5 Å². The Morgan fingerprint density at radius 3 is 2.60 bits per heavy atom. The van der Waals surface area contributed by atoms with Crippen LogP contribution >= 0.6 is 0 Å². The van der Waals surface area contributed by atoms with Crippen LogP contribution in [-0.2, 0) is 6.42 Å². The third kappa shape index (κ3) is 2.01. The minimum absolute atomic E-state index is 0.0461. The number of benzene rings is 1. The number of nitro groups is 1. The van der Waals surface area contributed by atoms with E-state index >= 15 is 0 Å². The van der Waals surface area contributed by atoms with Gasteiger partial charge < -0.3 is 5.11 Å². The third-order valence-corrected chi connectivity index (χ3v) is 1.76. The maximum absolute atomic E-state index is 10.5. The molecule has 0 spiro atoms. The molecule has 1 aromatic rings. The SMILES string of the molecule is N#CCc1cc(C#N)cc([N+](=O)[O-])c1O. The van der Waals surface area contributed by atoms with E-state index in [1.165, 1.54) is 6.07 Å². The number of aromatic hydroxyl groups is 1. The minimum atomic E-state index is -0.795. The van der Waals surface area contributed by atoms with Crippen LogP contribution in [0, 0.1) is 32.8 Å². The van der Waals surface area contributed by atoms with Crippen LogP contribution in [0.2, 0.25) is 0 Å². The van der Waals surface area contributed by atoms with Crippen molar-refractivity contribution >= 4 is 5.69 Å². The van der Waals surface area contributed by atoms with E-state index in [2.05, 4.69) is 0 Å². The van der Waals surface area contributed by atoms with Crippen LogP contribution < -0.4 is 0 Å². The van der Waals surface area contributed by atoms with Crippen molar-refractivity contribution < 1.29 is 10.0 Å². The molecule has 74 valence electrons. The number of nitriles is 2. The highest BCUT2D eigenvalue weighted by molar-refractivity contribution is 5.56. The normalized spacial score (nSPS) is 8.93. The molecule has 1 N–H and O–H groups in total. The molecule has 15 heavy (non-hydrogen) atoms. The van der Waals surface area contributed by atoms with E-state index in [1.807, 2.05) is 0 Å². The second-order valence-corrected chi connectivity index (χ2v) is 2.71. The molecule has 6 nitrogen and oxygen atoms in total. The Labute approximate surface area is 84.8 Å². The van der Waals surface area contributed by atoms with Gasteiger partial charge in [0, 0.05) is 11.6 Å². The predicted octanol–water partition coefficient (Wildman–Crippen LogP) is 1.24. The number of nitro benzene ring substituents is 1. The first-order valence-corrected chi connectivity index (χ1v) is 3.87. The summed E-state index contributed by atoms with van der Waals surface area (Å²) in [5, 5.41) is 36.9. The Morgan fingerprint density at radius 1 is 1.47 bits per heavy atom. The van der Waals surface area contributed by atoms with Crippen LogP contribution in [0.5, 0.6) is 5.75 Å². The smallest absolute Gasteiger partial charge is 0.312 e. The van der Waals surface area contributed by atoms with E-state index < -0.39 is 16.4 Å².